The first-order chi connectivity index (χ1) is 25.4. The molecule has 0 aliphatic carbocycles. The number of hydrogen-bond acceptors (Lipinski definition) is 8. The van der Waals surface area contributed by atoms with Gasteiger partial charge in [-0.1, -0.05) is 23.7 Å². The third-order valence-electron chi connectivity index (χ3n) is 9.74. The van der Waals surface area contributed by atoms with Crippen LogP contribution in [0.3, 0.4) is 0 Å². The van der Waals surface area contributed by atoms with Crippen LogP contribution in [0.15, 0.2) is 76.5 Å². The summed E-state index contributed by atoms with van der Waals surface area (Å²) in [7, 11) is 0. The van der Waals surface area contributed by atoms with Crippen molar-refractivity contribution in [1.29, 1.82) is 0 Å². The van der Waals surface area contributed by atoms with Gasteiger partial charge in [-0.15, -0.1) is 0 Å². The van der Waals surface area contributed by atoms with E-state index in [0.29, 0.717) is 78.6 Å². The molecule has 53 heavy (non-hydrogen) atoms. The number of carbonyl (C=O) groups excluding carboxylic acids is 2. The molecule has 6 aromatic rings. The molecule has 13 nitrogen and oxygen atoms in total. The fraction of sp³-hybridized carbons (Fsp3) is 0.342. The van der Waals surface area contributed by atoms with Crippen LogP contribution in [-0.4, -0.2) is 80.7 Å². The zero-order chi connectivity index (χ0) is 37.0. The molecule has 5 aromatic heterocycles. The molecule has 15 heteroatoms. The van der Waals surface area contributed by atoms with Gasteiger partial charge < -0.3 is 19.1 Å². The van der Waals surface area contributed by atoms with Crippen molar-refractivity contribution in [2.75, 3.05) is 19.6 Å². The summed E-state index contributed by atoms with van der Waals surface area (Å²) in [5.41, 5.74) is 4.65. The molecule has 8 rings (SSSR count). The lowest BCUT2D eigenvalue weighted by Crippen LogP contribution is -2.45. The average molecular weight is 799 g/mol. The quantitative estimate of drug-likeness (QED) is 0.192. The van der Waals surface area contributed by atoms with Gasteiger partial charge >= 0.3 is 11.8 Å². The number of pyridine rings is 2. The number of piperidine rings is 1. The molecule has 0 spiro atoms. The summed E-state index contributed by atoms with van der Waals surface area (Å²) in [6.45, 7) is 7.84. The zero-order valence-corrected chi connectivity index (χ0v) is 31.8. The highest BCUT2D eigenvalue weighted by Gasteiger charge is 2.33. The number of ether oxygens (including phenoxy) is 1. The van der Waals surface area contributed by atoms with Crippen LogP contribution in [0, 0.1) is 0 Å². The van der Waals surface area contributed by atoms with E-state index >= 15 is 0 Å². The van der Waals surface area contributed by atoms with Crippen molar-refractivity contribution in [3.63, 3.8) is 0 Å². The van der Waals surface area contributed by atoms with Gasteiger partial charge in [-0.05, 0) is 103 Å². The van der Waals surface area contributed by atoms with Crippen LogP contribution < -0.4 is 5.69 Å². The molecule has 0 saturated carbocycles. The molecule has 0 bridgehead atoms. The van der Waals surface area contributed by atoms with Crippen LogP contribution >= 0.6 is 27.5 Å². The fourth-order valence-corrected chi connectivity index (χ4v) is 7.76. The lowest BCUT2D eigenvalue weighted by Gasteiger charge is -2.34. The monoisotopic (exact) mass is 797 g/mol. The van der Waals surface area contributed by atoms with Crippen molar-refractivity contribution < 1.29 is 14.3 Å². The molecule has 0 unspecified atom stereocenters. The van der Waals surface area contributed by atoms with E-state index in [2.05, 4.69) is 41.5 Å². The molecule has 1 atom stereocenters. The summed E-state index contributed by atoms with van der Waals surface area (Å²) in [5.74, 6) is -0.207. The molecular weight excluding hydrogens is 762 g/mol. The summed E-state index contributed by atoms with van der Waals surface area (Å²) in [5, 5.41) is 1.77. The van der Waals surface area contributed by atoms with Crippen molar-refractivity contribution in [2.24, 2.45) is 0 Å². The van der Waals surface area contributed by atoms with E-state index in [9.17, 15) is 14.4 Å². The Morgan fingerprint density at radius 1 is 0.962 bits per heavy atom. The third kappa shape index (κ3) is 6.69. The number of rotatable bonds is 5. The average Bonchev–Trinajstić information content (AvgIpc) is 3.61. The normalized spacial score (nSPS) is 16.3. The first kappa shape index (κ1) is 35.0. The van der Waals surface area contributed by atoms with Crippen LogP contribution in [0.4, 0.5) is 4.79 Å². The van der Waals surface area contributed by atoms with Crippen molar-refractivity contribution in [2.45, 2.75) is 64.8 Å². The predicted molar refractivity (Wildman–Crippen MR) is 203 cm³/mol. The molecular formula is C38H37BrClN9O4. The number of nitrogens with zero attached hydrogens (tertiary/aromatic N) is 9. The molecule has 2 aliphatic heterocycles. The molecule has 2 amide bonds. The van der Waals surface area contributed by atoms with Gasteiger partial charge in [-0.2, -0.15) is 0 Å². The highest BCUT2D eigenvalue weighted by Crippen LogP contribution is 2.32. The standard InChI is InChI=1S/C38H37BrClN9O4/c1-38(2,3)53-37(52)46-16-5-6-26(21-46)49-34-33(43-19-31(39)44-34)48(36(49)51)25-12-13-29(42-18-25)35(50)45-17-14-27-28-7-4-15-41-32(28)47(30(27)22-45)20-23-8-10-24(40)11-9-23/h4,7-13,15,18-19,26H,5-6,14,16-17,20-22H2,1-3H3/t26-/m0/s1. The van der Waals surface area contributed by atoms with Crippen LogP contribution in [0.5, 0.6) is 0 Å². The van der Waals surface area contributed by atoms with Crippen LogP contribution in [0.25, 0.3) is 28.0 Å². The maximum atomic E-state index is 14.2. The lowest BCUT2D eigenvalue weighted by atomic mass is 10.0. The van der Waals surface area contributed by atoms with E-state index in [1.807, 2.05) is 56.0 Å². The number of halogens is 2. The number of likely N-dealkylation sites (tertiary alicyclic amines) is 1. The Hall–Kier alpha value is -5.08. The topological polar surface area (TPSA) is 133 Å². The zero-order valence-electron chi connectivity index (χ0n) is 29.5. The maximum Gasteiger partial charge on any atom is 0.410 e. The highest BCUT2D eigenvalue weighted by atomic mass is 79.9. The minimum absolute atomic E-state index is 0.207. The molecule has 1 aromatic carbocycles. The van der Waals surface area contributed by atoms with Gasteiger partial charge in [0.25, 0.3) is 5.91 Å². The van der Waals surface area contributed by atoms with Gasteiger partial charge in [0, 0.05) is 48.5 Å². The minimum Gasteiger partial charge on any atom is -0.444 e. The van der Waals surface area contributed by atoms with Gasteiger partial charge in [0.2, 0.25) is 0 Å². The SMILES string of the molecule is CC(C)(C)OC(=O)N1CCC[C@H](n2c(=O)n(-c3ccc(C(=O)N4CCc5c(n(Cc6ccc(Cl)cc6)c6ncccc56)C4)nc3)c3ncc(Br)nc32)C1. The number of aromatic nitrogens is 7. The fourth-order valence-electron chi connectivity index (χ4n) is 7.36. The van der Waals surface area contributed by atoms with Crippen LogP contribution in [0.1, 0.15) is 67.0 Å². The summed E-state index contributed by atoms with van der Waals surface area (Å²) in [4.78, 5) is 63.0. The predicted octanol–water partition coefficient (Wildman–Crippen LogP) is 6.56. The highest BCUT2D eigenvalue weighted by molar-refractivity contribution is 9.10. The maximum absolute atomic E-state index is 14.2. The van der Waals surface area contributed by atoms with Gasteiger partial charge in [0.1, 0.15) is 21.5 Å². The van der Waals surface area contributed by atoms with E-state index in [1.54, 1.807) is 27.8 Å². The molecule has 272 valence electrons. The number of carbonyl (C=O) groups is 2. The molecule has 0 radical (unpaired) electrons. The second-order valence-electron chi connectivity index (χ2n) is 14.4. The van der Waals surface area contributed by atoms with Crippen molar-refractivity contribution in [1.82, 2.24) is 43.4 Å². The Labute approximate surface area is 318 Å². The van der Waals surface area contributed by atoms with E-state index in [4.69, 9.17) is 21.3 Å². The third-order valence-corrected chi connectivity index (χ3v) is 10.4. The molecule has 2 aliphatic rings. The van der Waals surface area contributed by atoms with E-state index in [-0.39, 0.29) is 23.3 Å². The van der Waals surface area contributed by atoms with Crippen LogP contribution in [0.2, 0.25) is 5.02 Å². The number of imidazole rings is 1. The summed E-state index contributed by atoms with van der Waals surface area (Å²) in [6, 6.07) is 14.8. The number of benzene rings is 1. The van der Waals surface area contributed by atoms with Gasteiger partial charge in [-0.3, -0.25) is 9.36 Å². The summed E-state index contributed by atoms with van der Waals surface area (Å²) in [6.07, 6.45) is 6.48. The molecule has 1 fully saturated rings. The Kier molecular flexibility index (Phi) is 9.05. The Morgan fingerprint density at radius 3 is 2.53 bits per heavy atom. The second-order valence-corrected chi connectivity index (χ2v) is 15.7. The lowest BCUT2D eigenvalue weighted by molar-refractivity contribution is 0.0172. The van der Waals surface area contributed by atoms with Gasteiger partial charge in [0.05, 0.1) is 30.7 Å². The number of fused-ring (bicyclic) bond motifs is 4. The number of amides is 2. The van der Waals surface area contributed by atoms with Crippen LogP contribution in [-0.2, 0) is 24.2 Å². The first-order valence-electron chi connectivity index (χ1n) is 17.5. The minimum atomic E-state index is -0.639. The van der Waals surface area contributed by atoms with Crippen molar-refractivity contribution >= 4 is 61.9 Å². The Morgan fingerprint density at radius 2 is 1.77 bits per heavy atom. The Bertz CT molecular complexity index is 2430. The molecule has 1 saturated heterocycles. The van der Waals surface area contributed by atoms with Gasteiger partial charge in [0.15, 0.2) is 11.3 Å². The first-order valence-corrected chi connectivity index (χ1v) is 18.7. The second kappa shape index (κ2) is 13.7. The molecule has 7 heterocycles. The van der Waals surface area contributed by atoms with E-state index < -0.39 is 11.7 Å². The summed E-state index contributed by atoms with van der Waals surface area (Å²) < 4.78 is 11.3. The number of hydrogen-bond donors (Lipinski definition) is 0. The van der Waals surface area contributed by atoms with Crippen molar-refractivity contribution in [3.8, 4) is 5.69 Å². The largest absolute Gasteiger partial charge is 0.444 e. The van der Waals surface area contributed by atoms with E-state index in [1.165, 1.54) is 22.5 Å². The summed E-state index contributed by atoms with van der Waals surface area (Å²) >= 11 is 9.56. The smallest absolute Gasteiger partial charge is 0.410 e. The Balaban J connectivity index is 1.07. The van der Waals surface area contributed by atoms with E-state index in [0.717, 1.165) is 22.3 Å². The van der Waals surface area contributed by atoms with Gasteiger partial charge in [-0.25, -0.2) is 34.1 Å². The van der Waals surface area contributed by atoms with Crippen molar-refractivity contribution in [3.05, 3.63) is 110 Å². The molecule has 0 N–H and O–H groups in total.